The summed E-state index contributed by atoms with van der Waals surface area (Å²) in [6.07, 6.45) is 3.77. The van der Waals surface area contributed by atoms with Crippen molar-refractivity contribution in [2.75, 3.05) is 13.1 Å². The molecule has 0 amide bonds. The van der Waals surface area contributed by atoms with Crippen LogP contribution in [0.5, 0.6) is 0 Å². The van der Waals surface area contributed by atoms with Crippen molar-refractivity contribution in [1.82, 2.24) is 4.90 Å². The van der Waals surface area contributed by atoms with Crippen LogP contribution in [0.25, 0.3) is 21.5 Å². The Morgan fingerprint density at radius 2 is 1.41 bits per heavy atom. The topological polar surface area (TPSA) is 3.24 Å². The minimum absolute atomic E-state index is 1.11. The van der Waals surface area contributed by atoms with Crippen molar-refractivity contribution in [1.29, 1.82) is 0 Å². The van der Waals surface area contributed by atoms with Gasteiger partial charge in [0.25, 0.3) is 0 Å². The van der Waals surface area contributed by atoms with Crippen LogP contribution in [0, 0.1) is 0 Å². The highest BCUT2D eigenvalue weighted by Crippen LogP contribution is 2.35. The van der Waals surface area contributed by atoms with E-state index in [1.54, 1.807) is 11.1 Å². The second kappa shape index (κ2) is 5.73. The molecule has 1 aliphatic rings. The normalized spacial score (nSPS) is 15.3. The minimum Gasteiger partial charge on any atom is -0.299 e. The molecule has 0 saturated carbocycles. The summed E-state index contributed by atoms with van der Waals surface area (Å²) in [5, 5.41) is 5.75. The fourth-order valence-corrected chi connectivity index (χ4v) is 3.90. The first kappa shape index (κ1) is 13.8. The Hall–Kier alpha value is -1.86. The van der Waals surface area contributed by atoms with E-state index in [-0.39, 0.29) is 0 Å². The number of nitrogens with zero attached hydrogens (tertiary/aromatic N) is 1. The van der Waals surface area contributed by atoms with Crippen LogP contribution in [0.15, 0.2) is 48.5 Å². The second-order valence-electron chi connectivity index (χ2n) is 6.43. The van der Waals surface area contributed by atoms with Crippen molar-refractivity contribution in [3.8, 4) is 0 Å². The monoisotopic (exact) mass is 289 g/mol. The Labute approximate surface area is 132 Å². The van der Waals surface area contributed by atoms with Crippen LogP contribution in [-0.4, -0.2) is 18.0 Å². The van der Waals surface area contributed by atoms with Crippen LogP contribution in [0.2, 0.25) is 0 Å². The van der Waals surface area contributed by atoms with Gasteiger partial charge in [0.05, 0.1) is 0 Å². The predicted octanol–water partition coefficient (Wildman–Crippen LogP) is 5.15. The quantitative estimate of drug-likeness (QED) is 0.603. The van der Waals surface area contributed by atoms with E-state index < -0.39 is 0 Å². The van der Waals surface area contributed by atoms with Gasteiger partial charge < -0.3 is 0 Å². The van der Waals surface area contributed by atoms with Gasteiger partial charge in [0.1, 0.15) is 0 Å². The number of rotatable bonds is 3. The van der Waals surface area contributed by atoms with Gasteiger partial charge >= 0.3 is 0 Å². The standard InChI is InChI=1S/C21H23N/c1-2-3-13-22-14-12-20-18-10-5-4-8-16(18)17-9-6-7-11-19(17)21(20)15-22/h4-11H,2-3,12-15H2,1H3. The summed E-state index contributed by atoms with van der Waals surface area (Å²) in [6.45, 7) is 5.83. The summed E-state index contributed by atoms with van der Waals surface area (Å²) in [7, 11) is 0. The Morgan fingerprint density at radius 1 is 0.818 bits per heavy atom. The third-order valence-electron chi connectivity index (χ3n) is 5.05. The first-order chi connectivity index (χ1) is 10.9. The molecule has 4 rings (SSSR count). The van der Waals surface area contributed by atoms with Gasteiger partial charge in [0, 0.05) is 13.1 Å². The maximum Gasteiger partial charge on any atom is 0.0243 e. The Kier molecular flexibility index (Phi) is 3.59. The Bertz CT molecular complexity index is 819. The molecular formula is C21H23N. The number of benzene rings is 3. The lowest BCUT2D eigenvalue weighted by molar-refractivity contribution is 0.252. The number of hydrogen-bond donors (Lipinski definition) is 0. The molecule has 1 heteroatoms. The van der Waals surface area contributed by atoms with Crippen molar-refractivity contribution in [2.24, 2.45) is 0 Å². The number of hydrogen-bond acceptors (Lipinski definition) is 1. The molecule has 0 aliphatic carbocycles. The highest BCUT2D eigenvalue weighted by Gasteiger charge is 2.20. The smallest absolute Gasteiger partial charge is 0.0243 e. The minimum atomic E-state index is 1.11. The molecular weight excluding hydrogens is 266 g/mol. The molecule has 0 unspecified atom stereocenters. The molecule has 3 aromatic carbocycles. The SMILES string of the molecule is CCCCN1CCc2c(c3ccccc3c3ccccc23)C1. The van der Waals surface area contributed by atoms with Crippen molar-refractivity contribution >= 4 is 21.5 Å². The van der Waals surface area contributed by atoms with Gasteiger partial charge in [-0.05, 0) is 52.1 Å². The van der Waals surface area contributed by atoms with E-state index in [1.165, 1.54) is 53.9 Å². The Morgan fingerprint density at radius 3 is 2.05 bits per heavy atom. The molecule has 1 heterocycles. The zero-order valence-electron chi connectivity index (χ0n) is 13.3. The lowest BCUT2D eigenvalue weighted by Crippen LogP contribution is -2.31. The fraction of sp³-hybridized carbons (Fsp3) is 0.333. The van der Waals surface area contributed by atoms with E-state index in [2.05, 4.69) is 60.4 Å². The molecule has 0 aromatic heterocycles. The lowest BCUT2D eigenvalue weighted by Gasteiger charge is -2.31. The molecule has 0 atom stereocenters. The molecule has 0 radical (unpaired) electrons. The van der Waals surface area contributed by atoms with Gasteiger partial charge in [-0.25, -0.2) is 0 Å². The third-order valence-corrected chi connectivity index (χ3v) is 5.05. The summed E-state index contributed by atoms with van der Waals surface area (Å²) < 4.78 is 0. The average Bonchev–Trinajstić information content (AvgIpc) is 2.60. The molecule has 112 valence electrons. The maximum atomic E-state index is 2.63. The van der Waals surface area contributed by atoms with Gasteiger partial charge in [0.15, 0.2) is 0 Å². The average molecular weight is 289 g/mol. The molecule has 0 fully saturated rings. The lowest BCUT2D eigenvalue weighted by atomic mass is 9.88. The summed E-state index contributed by atoms with van der Waals surface area (Å²) >= 11 is 0. The van der Waals surface area contributed by atoms with E-state index in [1.807, 2.05) is 0 Å². The largest absolute Gasteiger partial charge is 0.299 e. The van der Waals surface area contributed by atoms with Crippen molar-refractivity contribution in [3.63, 3.8) is 0 Å². The van der Waals surface area contributed by atoms with Crippen molar-refractivity contribution < 1.29 is 0 Å². The van der Waals surface area contributed by atoms with Gasteiger partial charge in [-0.2, -0.15) is 0 Å². The molecule has 22 heavy (non-hydrogen) atoms. The van der Waals surface area contributed by atoms with Crippen LogP contribution in [-0.2, 0) is 13.0 Å². The fourth-order valence-electron chi connectivity index (χ4n) is 3.90. The van der Waals surface area contributed by atoms with Gasteiger partial charge in [-0.15, -0.1) is 0 Å². The summed E-state index contributed by atoms with van der Waals surface area (Å²) in [5.74, 6) is 0. The number of unbranched alkanes of at least 4 members (excludes halogenated alkanes) is 1. The van der Waals surface area contributed by atoms with Crippen molar-refractivity contribution in [2.45, 2.75) is 32.7 Å². The van der Waals surface area contributed by atoms with Gasteiger partial charge in [0.2, 0.25) is 0 Å². The van der Waals surface area contributed by atoms with E-state index in [9.17, 15) is 0 Å². The van der Waals surface area contributed by atoms with E-state index >= 15 is 0 Å². The first-order valence-electron chi connectivity index (χ1n) is 8.52. The van der Waals surface area contributed by atoms with E-state index in [0.717, 1.165) is 6.54 Å². The number of fused-ring (bicyclic) bond motifs is 6. The molecule has 0 spiro atoms. The summed E-state index contributed by atoms with van der Waals surface area (Å²) in [6, 6.07) is 17.9. The second-order valence-corrected chi connectivity index (χ2v) is 6.43. The van der Waals surface area contributed by atoms with Crippen LogP contribution in [0.4, 0.5) is 0 Å². The van der Waals surface area contributed by atoms with E-state index in [4.69, 9.17) is 0 Å². The highest BCUT2D eigenvalue weighted by atomic mass is 15.1. The van der Waals surface area contributed by atoms with Crippen LogP contribution in [0.3, 0.4) is 0 Å². The van der Waals surface area contributed by atoms with Gasteiger partial charge in [-0.3, -0.25) is 4.90 Å². The van der Waals surface area contributed by atoms with Crippen LogP contribution >= 0.6 is 0 Å². The molecule has 0 bridgehead atoms. The molecule has 0 N–H and O–H groups in total. The maximum absolute atomic E-state index is 2.63. The van der Waals surface area contributed by atoms with Crippen LogP contribution in [0.1, 0.15) is 30.9 Å². The molecule has 1 aliphatic heterocycles. The summed E-state index contributed by atoms with van der Waals surface area (Å²) in [4.78, 5) is 2.63. The zero-order chi connectivity index (χ0) is 14.9. The molecule has 1 nitrogen and oxygen atoms in total. The predicted molar refractivity (Wildman–Crippen MR) is 95.3 cm³/mol. The Balaban J connectivity index is 1.92. The van der Waals surface area contributed by atoms with Crippen molar-refractivity contribution in [3.05, 3.63) is 59.7 Å². The van der Waals surface area contributed by atoms with Gasteiger partial charge in [-0.1, -0.05) is 61.9 Å². The third kappa shape index (κ3) is 2.21. The van der Waals surface area contributed by atoms with Crippen LogP contribution < -0.4 is 0 Å². The summed E-state index contributed by atoms with van der Waals surface area (Å²) in [5.41, 5.74) is 3.15. The highest BCUT2D eigenvalue weighted by molar-refractivity contribution is 6.10. The molecule has 0 saturated heterocycles. The first-order valence-corrected chi connectivity index (χ1v) is 8.52. The van der Waals surface area contributed by atoms with E-state index in [0.29, 0.717) is 0 Å². The molecule has 3 aromatic rings. The zero-order valence-corrected chi connectivity index (χ0v) is 13.3.